The first-order valence-corrected chi connectivity index (χ1v) is 6.84. The molecule has 104 valence electrons. The second-order valence-corrected chi connectivity index (χ2v) is 4.59. The number of imidazole rings is 1. The Morgan fingerprint density at radius 3 is 2.68 bits per heavy atom. The molecule has 1 N–H and O–H groups in total. The van der Waals surface area contributed by atoms with Crippen molar-refractivity contribution in [3.05, 3.63) is 23.0 Å². The summed E-state index contributed by atoms with van der Waals surface area (Å²) in [5.74, 6) is 0. The van der Waals surface area contributed by atoms with Gasteiger partial charge in [0.05, 0.1) is 6.20 Å². The number of nitrogens with zero attached hydrogens (tertiary/aromatic N) is 4. The second-order valence-electron chi connectivity index (χ2n) is 4.59. The predicted octanol–water partition coefficient (Wildman–Crippen LogP) is 1.41. The summed E-state index contributed by atoms with van der Waals surface area (Å²) in [4.78, 5) is 25.1. The standard InChI is InChI=1S/C11H15N5O.C2H6/c1-15-4-2-8(3-5-15)16-9-6-12-7-13-10(9)14-11(16)17;1-2/h6-8H,2-5H2,1H3,(H,12,13,14,17);1-2H3. The summed E-state index contributed by atoms with van der Waals surface area (Å²) >= 11 is 0. The molecule has 6 heteroatoms. The van der Waals surface area contributed by atoms with E-state index in [1.807, 2.05) is 18.4 Å². The molecule has 0 saturated carbocycles. The van der Waals surface area contributed by atoms with Crippen LogP contribution in [0.15, 0.2) is 17.3 Å². The zero-order valence-electron chi connectivity index (χ0n) is 11.8. The molecule has 0 spiro atoms. The molecule has 6 nitrogen and oxygen atoms in total. The quantitative estimate of drug-likeness (QED) is 0.845. The molecule has 1 fully saturated rings. The number of aromatic nitrogens is 4. The minimum atomic E-state index is -0.0740. The van der Waals surface area contributed by atoms with Crippen molar-refractivity contribution in [2.75, 3.05) is 20.1 Å². The van der Waals surface area contributed by atoms with Gasteiger partial charge in [-0.15, -0.1) is 0 Å². The Morgan fingerprint density at radius 2 is 2.00 bits per heavy atom. The third-order valence-electron chi connectivity index (χ3n) is 3.45. The molecule has 0 amide bonds. The van der Waals surface area contributed by atoms with Gasteiger partial charge in [0.15, 0.2) is 5.65 Å². The third kappa shape index (κ3) is 2.68. The van der Waals surface area contributed by atoms with Gasteiger partial charge in [-0.2, -0.15) is 0 Å². The Kier molecular flexibility index (Phi) is 4.31. The number of likely N-dealkylation sites (tertiary alicyclic amines) is 1. The molecule has 1 aliphatic heterocycles. The summed E-state index contributed by atoms with van der Waals surface area (Å²) in [5, 5.41) is 0. The minimum Gasteiger partial charge on any atom is -0.306 e. The molecule has 0 radical (unpaired) electrons. The van der Waals surface area contributed by atoms with Crippen molar-refractivity contribution in [3.8, 4) is 0 Å². The summed E-state index contributed by atoms with van der Waals surface area (Å²) < 4.78 is 1.81. The van der Waals surface area contributed by atoms with E-state index in [9.17, 15) is 4.79 Å². The summed E-state index contributed by atoms with van der Waals surface area (Å²) in [6, 6.07) is 0.262. The van der Waals surface area contributed by atoms with E-state index in [2.05, 4.69) is 26.9 Å². The molecule has 2 aromatic rings. The lowest BCUT2D eigenvalue weighted by Gasteiger charge is -2.29. The van der Waals surface area contributed by atoms with E-state index < -0.39 is 0 Å². The molecule has 0 bridgehead atoms. The van der Waals surface area contributed by atoms with Crippen LogP contribution in [-0.4, -0.2) is 44.6 Å². The summed E-state index contributed by atoms with van der Waals surface area (Å²) in [5.41, 5.74) is 1.37. The number of H-pyrrole nitrogens is 1. The summed E-state index contributed by atoms with van der Waals surface area (Å²) in [6.07, 6.45) is 5.16. The molecule has 1 aliphatic rings. The molecule has 2 aromatic heterocycles. The monoisotopic (exact) mass is 263 g/mol. The number of hydrogen-bond donors (Lipinski definition) is 1. The first kappa shape index (κ1) is 13.7. The highest BCUT2D eigenvalue weighted by Gasteiger charge is 2.22. The van der Waals surface area contributed by atoms with E-state index >= 15 is 0 Å². The van der Waals surface area contributed by atoms with Gasteiger partial charge in [-0.1, -0.05) is 13.8 Å². The van der Waals surface area contributed by atoms with Crippen LogP contribution in [0.4, 0.5) is 0 Å². The topological polar surface area (TPSA) is 66.8 Å². The molecule has 0 unspecified atom stereocenters. The van der Waals surface area contributed by atoms with Crippen molar-refractivity contribution in [3.63, 3.8) is 0 Å². The van der Waals surface area contributed by atoms with Crippen molar-refractivity contribution in [1.82, 2.24) is 24.4 Å². The molecule has 0 aliphatic carbocycles. The third-order valence-corrected chi connectivity index (χ3v) is 3.45. The Morgan fingerprint density at radius 1 is 1.32 bits per heavy atom. The van der Waals surface area contributed by atoms with E-state index in [0.29, 0.717) is 5.65 Å². The van der Waals surface area contributed by atoms with Gasteiger partial charge in [0.25, 0.3) is 0 Å². The van der Waals surface area contributed by atoms with Crippen molar-refractivity contribution in [1.29, 1.82) is 0 Å². The number of rotatable bonds is 1. The lowest BCUT2D eigenvalue weighted by atomic mass is 10.1. The van der Waals surface area contributed by atoms with Crippen LogP contribution < -0.4 is 5.69 Å². The van der Waals surface area contributed by atoms with Crippen LogP contribution in [0.25, 0.3) is 11.2 Å². The van der Waals surface area contributed by atoms with Crippen LogP contribution in [0.1, 0.15) is 32.7 Å². The average molecular weight is 263 g/mol. The first-order chi connectivity index (χ1) is 9.25. The minimum absolute atomic E-state index is 0.0740. The lowest BCUT2D eigenvalue weighted by molar-refractivity contribution is 0.221. The highest BCUT2D eigenvalue weighted by molar-refractivity contribution is 5.69. The molecule has 19 heavy (non-hydrogen) atoms. The van der Waals surface area contributed by atoms with E-state index in [-0.39, 0.29) is 11.7 Å². The van der Waals surface area contributed by atoms with Crippen LogP contribution in [-0.2, 0) is 0 Å². The highest BCUT2D eigenvalue weighted by atomic mass is 16.1. The fourth-order valence-corrected chi connectivity index (χ4v) is 2.48. The number of hydrogen-bond acceptors (Lipinski definition) is 4. The SMILES string of the molecule is CC.CN1CCC(n2c(=O)[nH]c3ncncc32)CC1. The van der Waals surface area contributed by atoms with Gasteiger partial charge in [-0.25, -0.2) is 14.8 Å². The number of piperidine rings is 1. The molecule has 0 atom stereocenters. The fourth-order valence-electron chi connectivity index (χ4n) is 2.48. The largest absolute Gasteiger partial charge is 0.327 e. The van der Waals surface area contributed by atoms with Crippen molar-refractivity contribution in [2.45, 2.75) is 32.7 Å². The van der Waals surface area contributed by atoms with Gasteiger partial charge in [0.2, 0.25) is 0 Å². The molecule has 3 rings (SSSR count). The Balaban J connectivity index is 0.000000637. The number of aromatic amines is 1. The first-order valence-electron chi connectivity index (χ1n) is 6.84. The zero-order chi connectivity index (χ0) is 13.8. The fraction of sp³-hybridized carbons (Fsp3) is 0.615. The molecular formula is C13H21N5O. The van der Waals surface area contributed by atoms with Crippen LogP contribution in [0.2, 0.25) is 0 Å². The van der Waals surface area contributed by atoms with Gasteiger partial charge in [0.1, 0.15) is 11.8 Å². The molecule has 3 heterocycles. The number of fused-ring (bicyclic) bond motifs is 1. The van der Waals surface area contributed by atoms with Gasteiger partial charge in [-0.3, -0.25) is 9.55 Å². The van der Waals surface area contributed by atoms with Crippen molar-refractivity contribution < 1.29 is 0 Å². The van der Waals surface area contributed by atoms with Crippen LogP contribution in [0.5, 0.6) is 0 Å². The highest BCUT2D eigenvalue weighted by Crippen LogP contribution is 2.22. The maximum atomic E-state index is 11.9. The maximum absolute atomic E-state index is 11.9. The zero-order valence-corrected chi connectivity index (χ0v) is 11.8. The van der Waals surface area contributed by atoms with Crippen molar-refractivity contribution in [2.24, 2.45) is 0 Å². The second kappa shape index (κ2) is 5.97. The van der Waals surface area contributed by atoms with E-state index in [1.165, 1.54) is 6.33 Å². The normalized spacial score (nSPS) is 17.2. The van der Waals surface area contributed by atoms with Gasteiger partial charge < -0.3 is 4.90 Å². The van der Waals surface area contributed by atoms with Gasteiger partial charge in [0, 0.05) is 6.04 Å². The Labute approximate surface area is 112 Å². The van der Waals surface area contributed by atoms with Crippen LogP contribution in [0, 0.1) is 0 Å². The van der Waals surface area contributed by atoms with E-state index in [0.717, 1.165) is 31.4 Å². The number of nitrogens with one attached hydrogen (secondary N) is 1. The molecule has 1 saturated heterocycles. The smallest absolute Gasteiger partial charge is 0.306 e. The van der Waals surface area contributed by atoms with Crippen LogP contribution in [0.3, 0.4) is 0 Å². The maximum Gasteiger partial charge on any atom is 0.327 e. The van der Waals surface area contributed by atoms with Crippen LogP contribution >= 0.6 is 0 Å². The predicted molar refractivity (Wildman–Crippen MR) is 75.3 cm³/mol. The summed E-state index contributed by atoms with van der Waals surface area (Å²) in [7, 11) is 2.11. The average Bonchev–Trinajstić information content (AvgIpc) is 2.78. The molecule has 0 aromatic carbocycles. The Hall–Kier alpha value is -1.69. The van der Waals surface area contributed by atoms with Gasteiger partial charge >= 0.3 is 5.69 Å². The van der Waals surface area contributed by atoms with E-state index in [1.54, 1.807) is 6.20 Å². The lowest BCUT2D eigenvalue weighted by Crippen LogP contribution is -2.34. The van der Waals surface area contributed by atoms with Crippen molar-refractivity contribution >= 4 is 11.2 Å². The van der Waals surface area contributed by atoms with E-state index in [4.69, 9.17) is 0 Å². The van der Waals surface area contributed by atoms with Gasteiger partial charge in [-0.05, 0) is 33.0 Å². The molecular weight excluding hydrogens is 242 g/mol. The summed E-state index contributed by atoms with van der Waals surface area (Å²) in [6.45, 7) is 6.05. The Bertz CT molecular complexity index is 580.